The minimum atomic E-state index is -0.342. The van der Waals surface area contributed by atoms with E-state index in [2.05, 4.69) is 0 Å². The number of carbonyl (C=O) groups is 1. The first kappa shape index (κ1) is 13.7. The first-order valence-corrected chi connectivity index (χ1v) is 6.81. The van der Waals surface area contributed by atoms with Gasteiger partial charge in [0.2, 0.25) is 0 Å². The number of carbonyl (C=O) groups excluding carboxylic acids is 1. The molecule has 2 N–H and O–H groups in total. The third kappa shape index (κ3) is 3.63. The SMILES string of the molecule is COc1ccc(C(=O)OCC2CCCCC2)c(N)c1. The Morgan fingerprint density at radius 2 is 2.05 bits per heavy atom. The van der Waals surface area contributed by atoms with Gasteiger partial charge in [0.15, 0.2) is 0 Å². The van der Waals surface area contributed by atoms with Gasteiger partial charge in [-0.05, 0) is 30.9 Å². The summed E-state index contributed by atoms with van der Waals surface area (Å²) in [6.45, 7) is 0.504. The summed E-state index contributed by atoms with van der Waals surface area (Å²) in [4.78, 5) is 12.0. The number of rotatable bonds is 4. The first-order valence-electron chi connectivity index (χ1n) is 6.81. The van der Waals surface area contributed by atoms with Crippen molar-refractivity contribution in [2.75, 3.05) is 19.5 Å². The predicted molar refractivity (Wildman–Crippen MR) is 74.3 cm³/mol. The average Bonchev–Trinajstić information content (AvgIpc) is 2.45. The average molecular weight is 263 g/mol. The van der Waals surface area contributed by atoms with Gasteiger partial charge in [-0.3, -0.25) is 0 Å². The highest BCUT2D eigenvalue weighted by atomic mass is 16.5. The van der Waals surface area contributed by atoms with Crippen LogP contribution < -0.4 is 10.5 Å². The molecule has 0 aliphatic heterocycles. The van der Waals surface area contributed by atoms with Crippen LogP contribution in [0.25, 0.3) is 0 Å². The third-order valence-electron chi connectivity index (χ3n) is 3.65. The summed E-state index contributed by atoms with van der Waals surface area (Å²) in [7, 11) is 1.57. The summed E-state index contributed by atoms with van der Waals surface area (Å²) in [6.07, 6.45) is 6.10. The van der Waals surface area contributed by atoms with Gasteiger partial charge >= 0.3 is 5.97 Å². The molecule has 1 aromatic carbocycles. The lowest BCUT2D eigenvalue weighted by Gasteiger charge is -2.21. The summed E-state index contributed by atoms with van der Waals surface area (Å²) < 4.78 is 10.4. The zero-order valence-electron chi connectivity index (χ0n) is 11.4. The molecular formula is C15H21NO3. The van der Waals surface area contributed by atoms with Gasteiger partial charge in [0.05, 0.1) is 19.3 Å². The van der Waals surface area contributed by atoms with Crippen LogP contribution >= 0.6 is 0 Å². The smallest absolute Gasteiger partial charge is 0.340 e. The Morgan fingerprint density at radius 3 is 2.68 bits per heavy atom. The number of benzene rings is 1. The Bertz CT molecular complexity index is 439. The zero-order valence-corrected chi connectivity index (χ0v) is 11.4. The molecule has 104 valence electrons. The van der Waals surface area contributed by atoms with Crippen LogP contribution in [0.2, 0.25) is 0 Å². The van der Waals surface area contributed by atoms with Crippen LogP contribution in [0, 0.1) is 5.92 Å². The molecule has 0 bridgehead atoms. The molecule has 0 heterocycles. The Labute approximate surface area is 113 Å². The van der Waals surface area contributed by atoms with E-state index in [1.807, 2.05) is 0 Å². The fourth-order valence-corrected chi connectivity index (χ4v) is 2.48. The maximum Gasteiger partial charge on any atom is 0.340 e. The maximum atomic E-state index is 12.0. The van der Waals surface area contributed by atoms with Gasteiger partial charge in [0.25, 0.3) is 0 Å². The van der Waals surface area contributed by atoms with Crippen molar-refractivity contribution >= 4 is 11.7 Å². The summed E-state index contributed by atoms with van der Waals surface area (Å²) in [5.41, 5.74) is 6.64. The molecule has 0 radical (unpaired) electrons. The van der Waals surface area contributed by atoms with Crippen molar-refractivity contribution in [3.63, 3.8) is 0 Å². The third-order valence-corrected chi connectivity index (χ3v) is 3.65. The topological polar surface area (TPSA) is 61.5 Å². The maximum absolute atomic E-state index is 12.0. The van der Waals surface area contributed by atoms with E-state index in [9.17, 15) is 4.79 Å². The van der Waals surface area contributed by atoms with Gasteiger partial charge in [0.1, 0.15) is 5.75 Å². The molecule has 0 amide bonds. The van der Waals surface area contributed by atoms with Crippen LogP contribution in [-0.2, 0) is 4.74 Å². The molecule has 1 saturated carbocycles. The van der Waals surface area contributed by atoms with Crippen LogP contribution in [0.5, 0.6) is 5.75 Å². The number of esters is 1. The second-order valence-electron chi connectivity index (χ2n) is 5.06. The lowest BCUT2D eigenvalue weighted by Crippen LogP contribution is -2.17. The van der Waals surface area contributed by atoms with Crippen molar-refractivity contribution in [1.82, 2.24) is 0 Å². The van der Waals surface area contributed by atoms with Crippen LogP contribution in [-0.4, -0.2) is 19.7 Å². The molecule has 1 aromatic rings. The number of nitrogen functional groups attached to an aromatic ring is 1. The van der Waals surface area contributed by atoms with Crippen LogP contribution in [0.15, 0.2) is 18.2 Å². The fraction of sp³-hybridized carbons (Fsp3) is 0.533. The molecule has 1 aliphatic carbocycles. The number of anilines is 1. The van der Waals surface area contributed by atoms with E-state index >= 15 is 0 Å². The minimum absolute atomic E-state index is 0.342. The van der Waals surface area contributed by atoms with Crippen molar-refractivity contribution in [1.29, 1.82) is 0 Å². The van der Waals surface area contributed by atoms with E-state index in [1.54, 1.807) is 25.3 Å². The van der Waals surface area contributed by atoms with Gasteiger partial charge in [0, 0.05) is 11.8 Å². The van der Waals surface area contributed by atoms with Gasteiger partial charge in [-0.15, -0.1) is 0 Å². The van der Waals surface area contributed by atoms with Crippen LogP contribution in [0.4, 0.5) is 5.69 Å². The molecule has 0 saturated heterocycles. The van der Waals surface area contributed by atoms with E-state index < -0.39 is 0 Å². The van der Waals surface area contributed by atoms with Gasteiger partial charge in [-0.2, -0.15) is 0 Å². The summed E-state index contributed by atoms with van der Waals surface area (Å²) in [6, 6.07) is 5.00. The lowest BCUT2D eigenvalue weighted by molar-refractivity contribution is 0.0411. The largest absolute Gasteiger partial charge is 0.497 e. The summed E-state index contributed by atoms with van der Waals surface area (Å²) >= 11 is 0. The lowest BCUT2D eigenvalue weighted by atomic mass is 9.90. The summed E-state index contributed by atoms with van der Waals surface area (Å²) in [5.74, 6) is 0.809. The van der Waals surface area contributed by atoms with Gasteiger partial charge < -0.3 is 15.2 Å². The quantitative estimate of drug-likeness (QED) is 0.670. The van der Waals surface area contributed by atoms with Crippen LogP contribution in [0.3, 0.4) is 0 Å². The number of ether oxygens (including phenoxy) is 2. The van der Waals surface area contributed by atoms with Crippen molar-refractivity contribution < 1.29 is 14.3 Å². The Hall–Kier alpha value is -1.71. The summed E-state index contributed by atoms with van der Waals surface area (Å²) in [5, 5.41) is 0. The molecule has 0 aromatic heterocycles. The van der Waals surface area contributed by atoms with Crippen molar-refractivity contribution in [2.24, 2.45) is 5.92 Å². The van der Waals surface area contributed by atoms with Crippen molar-refractivity contribution in [3.05, 3.63) is 23.8 Å². The van der Waals surface area contributed by atoms with E-state index in [0.29, 0.717) is 29.5 Å². The van der Waals surface area contributed by atoms with E-state index in [1.165, 1.54) is 19.3 Å². The molecular weight excluding hydrogens is 242 g/mol. The molecule has 19 heavy (non-hydrogen) atoms. The standard InChI is InChI=1S/C15H21NO3/c1-18-12-7-8-13(14(16)9-12)15(17)19-10-11-5-3-2-4-6-11/h7-9,11H,2-6,10,16H2,1H3. The van der Waals surface area contributed by atoms with E-state index in [-0.39, 0.29) is 5.97 Å². The van der Waals surface area contributed by atoms with Gasteiger partial charge in [-0.1, -0.05) is 19.3 Å². The molecule has 0 spiro atoms. The van der Waals surface area contributed by atoms with E-state index in [0.717, 1.165) is 12.8 Å². The molecule has 4 nitrogen and oxygen atoms in total. The number of methoxy groups -OCH3 is 1. The van der Waals surface area contributed by atoms with Gasteiger partial charge in [-0.25, -0.2) is 4.79 Å². The number of nitrogens with two attached hydrogens (primary N) is 1. The molecule has 1 fully saturated rings. The Kier molecular flexibility index (Phi) is 4.66. The molecule has 1 aliphatic rings. The van der Waals surface area contributed by atoms with Crippen molar-refractivity contribution in [2.45, 2.75) is 32.1 Å². The zero-order chi connectivity index (χ0) is 13.7. The first-order chi connectivity index (χ1) is 9.20. The van der Waals surface area contributed by atoms with E-state index in [4.69, 9.17) is 15.2 Å². The molecule has 0 unspecified atom stereocenters. The van der Waals surface area contributed by atoms with Crippen LogP contribution in [0.1, 0.15) is 42.5 Å². The Balaban J connectivity index is 1.92. The number of hydrogen-bond acceptors (Lipinski definition) is 4. The molecule has 2 rings (SSSR count). The highest BCUT2D eigenvalue weighted by Crippen LogP contribution is 2.25. The normalized spacial score (nSPS) is 16.1. The second kappa shape index (κ2) is 6.45. The highest BCUT2D eigenvalue weighted by Gasteiger charge is 2.17. The molecule has 4 heteroatoms. The second-order valence-corrected chi connectivity index (χ2v) is 5.06. The fourth-order valence-electron chi connectivity index (χ4n) is 2.48. The highest BCUT2D eigenvalue weighted by molar-refractivity contribution is 5.95. The molecule has 0 atom stereocenters. The minimum Gasteiger partial charge on any atom is -0.497 e. The van der Waals surface area contributed by atoms with Crippen molar-refractivity contribution in [3.8, 4) is 5.75 Å². The number of hydrogen-bond donors (Lipinski definition) is 1. The predicted octanol–water partition coefficient (Wildman–Crippen LogP) is 3.01. The monoisotopic (exact) mass is 263 g/mol. The Morgan fingerprint density at radius 1 is 1.32 bits per heavy atom.